The number of para-hydroxylation sites is 2. The Hall–Kier alpha value is -3.56. The largest absolute Gasteiger partial charge is 0.485 e. The van der Waals surface area contributed by atoms with Gasteiger partial charge in [-0.15, -0.1) is 0 Å². The van der Waals surface area contributed by atoms with E-state index in [1.165, 1.54) is 7.05 Å². The van der Waals surface area contributed by atoms with E-state index in [-0.39, 0.29) is 24.5 Å². The molecule has 0 bridgehead atoms. The van der Waals surface area contributed by atoms with Gasteiger partial charge in [-0.05, 0) is 18.6 Å². The lowest BCUT2D eigenvalue weighted by Crippen LogP contribution is -2.43. The Morgan fingerprint density at radius 3 is 2.62 bits per heavy atom. The monoisotopic (exact) mass is 403 g/mol. The molecule has 0 aliphatic carbocycles. The first-order chi connectivity index (χ1) is 13.8. The van der Waals surface area contributed by atoms with Crippen LogP contribution >= 0.6 is 0 Å². The summed E-state index contributed by atoms with van der Waals surface area (Å²) in [7, 11) is 1.25. The van der Waals surface area contributed by atoms with Crippen LogP contribution in [0, 0.1) is 0 Å². The molecule has 0 unspecified atom stereocenters. The fraction of sp³-hybridized carbons (Fsp3) is 0.368. The number of nitrogens with two attached hydrogens (primary N) is 1. The second-order valence-corrected chi connectivity index (χ2v) is 6.45. The predicted octanol–water partition coefficient (Wildman–Crippen LogP) is 0.105. The number of carbonyl (C=O) groups excluding carboxylic acids is 2. The molecule has 2 heterocycles. The number of esters is 1. The summed E-state index contributed by atoms with van der Waals surface area (Å²) < 4.78 is 17.9. The van der Waals surface area contributed by atoms with Crippen molar-refractivity contribution in [3.8, 4) is 11.5 Å². The quantitative estimate of drug-likeness (QED) is 0.531. The van der Waals surface area contributed by atoms with Crippen LogP contribution in [-0.2, 0) is 23.1 Å². The number of anilines is 1. The lowest BCUT2D eigenvalue weighted by atomic mass is 10.2. The van der Waals surface area contributed by atoms with Crippen LogP contribution in [0.3, 0.4) is 0 Å². The van der Waals surface area contributed by atoms with Gasteiger partial charge in [-0.1, -0.05) is 19.1 Å². The van der Waals surface area contributed by atoms with Crippen molar-refractivity contribution in [2.75, 3.05) is 18.9 Å². The molecule has 0 spiro atoms. The fourth-order valence-corrected chi connectivity index (χ4v) is 2.92. The van der Waals surface area contributed by atoms with E-state index < -0.39 is 35.7 Å². The van der Waals surface area contributed by atoms with Crippen molar-refractivity contribution < 1.29 is 23.8 Å². The molecule has 1 aliphatic rings. The van der Waals surface area contributed by atoms with Crippen molar-refractivity contribution in [3.05, 3.63) is 50.7 Å². The predicted molar refractivity (Wildman–Crippen MR) is 102 cm³/mol. The highest BCUT2D eigenvalue weighted by Crippen LogP contribution is 2.31. The summed E-state index contributed by atoms with van der Waals surface area (Å²) in [6.07, 6.45) is -0.474. The number of aromatic nitrogens is 2. The number of nitrogen functional groups attached to an aromatic ring is 1. The van der Waals surface area contributed by atoms with Gasteiger partial charge in [-0.3, -0.25) is 18.7 Å². The molecule has 0 fully saturated rings. The fourth-order valence-electron chi connectivity index (χ4n) is 2.92. The smallest absolute Gasteiger partial charge is 0.351 e. The minimum absolute atomic E-state index is 0.0741. The van der Waals surface area contributed by atoms with Crippen molar-refractivity contribution in [3.63, 3.8) is 0 Å². The molecule has 1 aromatic carbocycles. The molecule has 2 N–H and O–H groups in total. The summed E-state index contributed by atoms with van der Waals surface area (Å²) in [5, 5.41) is 0. The van der Waals surface area contributed by atoms with E-state index >= 15 is 0 Å². The average molecular weight is 403 g/mol. The van der Waals surface area contributed by atoms with Crippen LogP contribution in [0.2, 0.25) is 0 Å². The molecule has 0 radical (unpaired) electrons. The Bertz CT molecular complexity index is 1070. The Balaban J connectivity index is 1.74. The maximum Gasteiger partial charge on any atom is 0.351 e. The maximum atomic E-state index is 12.5. The summed E-state index contributed by atoms with van der Waals surface area (Å²) in [6, 6.07) is 6.83. The SMILES string of the molecule is CCCn1c(N)c(C(=O)COC(=O)[C@@H]2COc3ccccc3O2)c(=O)n(C)c1=O. The second-order valence-electron chi connectivity index (χ2n) is 6.45. The highest BCUT2D eigenvalue weighted by Gasteiger charge is 2.30. The van der Waals surface area contributed by atoms with E-state index in [9.17, 15) is 19.2 Å². The number of carbonyl (C=O) groups is 2. The number of nitrogens with zero attached hydrogens (tertiary/aromatic N) is 2. The van der Waals surface area contributed by atoms with Gasteiger partial charge in [0.05, 0.1) is 0 Å². The van der Waals surface area contributed by atoms with Gasteiger partial charge in [0.25, 0.3) is 5.56 Å². The van der Waals surface area contributed by atoms with E-state index in [1.54, 1.807) is 24.3 Å². The van der Waals surface area contributed by atoms with Crippen molar-refractivity contribution in [1.29, 1.82) is 0 Å². The summed E-state index contributed by atoms with van der Waals surface area (Å²) >= 11 is 0. The number of hydrogen-bond donors (Lipinski definition) is 1. The van der Waals surface area contributed by atoms with Crippen LogP contribution in [0.5, 0.6) is 11.5 Å². The lowest BCUT2D eigenvalue weighted by molar-refractivity contribution is -0.153. The molecule has 1 atom stereocenters. The van der Waals surface area contributed by atoms with Crippen LogP contribution in [-0.4, -0.2) is 40.2 Å². The number of Topliss-reactive ketones (excluding diaryl/α,β-unsaturated/α-hetero) is 1. The minimum atomic E-state index is -1.05. The standard InChI is InChI=1S/C19H21N3O7/c1-3-8-22-16(20)15(17(24)21(2)19(22)26)11(23)9-28-18(25)14-10-27-12-6-4-5-7-13(12)29-14/h4-7,14H,3,8-10,20H2,1-2H3/t14-/m0/s1. The van der Waals surface area contributed by atoms with Gasteiger partial charge >= 0.3 is 11.7 Å². The summed E-state index contributed by atoms with van der Waals surface area (Å²) in [6.45, 7) is 1.27. The zero-order valence-electron chi connectivity index (χ0n) is 16.0. The van der Waals surface area contributed by atoms with Gasteiger partial charge in [-0.2, -0.15) is 0 Å². The zero-order chi connectivity index (χ0) is 21.1. The molecule has 154 valence electrons. The van der Waals surface area contributed by atoms with Crippen LogP contribution in [0.4, 0.5) is 5.82 Å². The minimum Gasteiger partial charge on any atom is -0.485 e. The second kappa shape index (κ2) is 8.21. The molecule has 10 heteroatoms. The van der Waals surface area contributed by atoms with Gasteiger partial charge in [-0.25, -0.2) is 9.59 Å². The van der Waals surface area contributed by atoms with E-state index in [2.05, 4.69) is 0 Å². The van der Waals surface area contributed by atoms with E-state index in [1.807, 2.05) is 6.92 Å². The summed E-state index contributed by atoms with van der Waals surface area (Å²) in [4.78, 5) is 49.3. The molecule has 0 amide bonds. The first kappa shape index (κ1) is 20.2. The van der Waals surface area contributed by atoms with Crippen molar-refractivity contribution in [1.82, 2.24) is 9.13 Å². The zero-order valence-corrected chi connectivity index (χ0v) is 16.0. The average Bonchev–Trinajstić information content (AvgIpc) is 2.73. The van der Waals surface area contributed by atoms with Crippen molar-refractivity contribution in [2.24, 2.45) is 7.05 Å². The molecule has 29 heavy (non-hydrogen) atoms. The molecule has 10 nitrogen and oxygen atoms in total. The molecular weight excluding hydrogens is 382 g/mol. The number of hydrogen-bond acceptors (Lipinski definition) is 8. The van der Waals surface area contributed by atoms with Crippen molar-refractivity contribution in [2.45, 2.75) is 26.0 Å². The van der Waals surface area contributed by atoms with Crippen LogP contribution < -0.4 is 26.5 Å². The molecule has 1 aromatic heterocycles. The van der Waals surface area contributed by atoms with E-state index in [4.69, 9.17) is 19.9 Å². The molecular formula is C19H21N3O7. The third kappa shape index (κ3) is 3.86. The summed E-state index contributed by atoms with van der Waals surface area (Å²) in [5.41, 5.74) is 4.04. The highest BCUT2D eigenvalue weighted by molar-refractivity contribution is 6.01. The molecule has 2 aromatic rings. The van der Waals surface area contributed by atoms with Gasteiger partial charge in [0.1, 0.15) is 18.0 Å². The number of fused-ring (bicyclic) bond motifs is 1. The van der Waals surface area contributed by atoms with Gasteiger partial charge in [0, 0.05) is 13.6 Å². The third-order valence-corrected chi connectivity index (χ3v) is 4.43. The molecule has 0 saturated heterocycles. The van der Waals surface area contributed by atoms with E-state index in [0.29, 0.717) is 17.9 Å². The Labute approximate surface area is 165 Å². The van der Waals surface area contributed by atoms with Gasteiger partial charge < -0.3 is 19.9 Å². The number of rotatable bonds is 6. The Morgan fingerprint density at radius 1 is 1.24 bits per heavy atom. The number of ether oxygens (including phenoxy) is 3. The first-order valence-corrected chi connectivity index (χ1v) is 9.02. The van der Waals surface area contributed by atoms with Crippen LogP contribution in [0.1, 0.15) is 23.7 Å². The topological polar surface area (TPSA) is 132 Å². The normalized spacial score (nSPS) is 15.0. The summed E-state index contributed by atoms with van der Waals surface area (Å²) in [5.74, 6) is -0.977. The molecule has 3 rings (SSSR count). The van der Waals surface area contributed by atoms with Gasteiger partial charge in [0.15, 0.2) is 18.1 Å². The number of benzene rings is 1. The maximum absolute atomic E-state index is 12.5. The van der Waals surface area contributed by atoms with Crippen molar-refractivity contribution >= 4 is 17.6 Å². The van der Waals surface area contributed by atoms with Crippen LogP contribution in [0.25, 0.3) is 0 Å². The Kier molecular flexibility index (Phi) is 5.71. The van der Waals surface area contributed by atoms with Crippen LogP contribution in [0.15, 0.2) is 33.9 Å². The highest BCUT2D eigenvalue weighted by atomic mass is 16.6. The Morgan fingerprint density at radius 2 is 1.93 bits per heavy atom. The number of ketones is 1. The first-order valence-electron chi connectivity index (χ1n) is 9.02. The van der Waals surface area contributed by atoms with E-state index in [0.717, 1.165) is 9.13 Å². The lowest BCUT2D eigenvalue weighted by Gasteiger charge is -2.24. The molecule has 0 saturated carbocycles. The third-order valence-electron chi connectivity index (χ3n) is 4.43. The van der Waals surface area contributed by atoms with Gasteiger partial charge in [0.2, 0.25) is 11.9 Å². The molecule has 1 aliphatic heterocycles.